The molecule has 11 nitrogen and oxygen atoms in total. The molecule has 11 heteroatoms. The van der Waals surface area contributed by atoms with Crippen molar-refractivity contribution in [2.24, 2.45) is 11.3 Å². The van der Waals surface area contributed by atoms with Gasteiger partial charge in [0, 0.05) is 24.2 Å². The maximum Gasteiger partial charge on any atom is 0.409 e. The zero-order chi connectivity index (χ0) is 34.2. The number of amides is 2. The van der Waals surface area contributed by atoms with Crippen molar-refractivity contribution in [3.8, 4) is 17.1 Å². The van der Waals surface area contributed by atoms with E-state index in [9.17, 15) is 14.7 Å². The molecule has 1 unspecified atom stereocenters. The summed E-state index contributed by atoms with van der Waals surface area (Å²) in [6.45, 7) is 5.31. The molecular weight excluding hydrogens is 622 g/mol. The molecule has 3 heterocycles. The molecule has 0 spiro atoms. The Kier molecular flexibility index (Phi) is 9.39. The quantitative estimate of drug-likeness (QED) is 0.254. The maximum atomic E-state index is 14.4. The number of aliphatic hydroxyl groups is 1. The van der Waals surface area contributed by atoms with Crippen molar-refractivity contribution in [2.75, 3.05) is 38.3 Å². The van der Waals surface area contributed by atoms with Crippen LogP contribution in [-0.2, 0) is 14.9 Å². The molecule has 1 N–H and O–H groups in total. The Balaban J connectivity index is 1.08. The van der Waals surface area contributed by atoms with Gasteiger partial charge in [-0.05, 0) is 98.4 Å². The predicted octanol–water partition coefficient (Wildman–Crippen LogP) is 6.57. The van der Waals surface area contributed by atoms with E-state index in [4.69, 9.17) is 19.0 Å². The number of aromatic nitrogens is 3. The molecule has 1 saturated heterocycles. The number of pyridine rings is 1. The topological polar surface area (TPSA) is 131 Å². The van der Waals surface area contributed by atoms with Gasteiger partial charge in [-0.15, -0.1) is 0 Å². The Hall–Kier alpha value is -3.99. The zero-order valence-electron chi connectivity index (χ0n) is 29.0. The van der Waals surface area contributed by atoms with E-state index >= 15 is 0 Å². The molecule has 0 radical (unpaired) electrons. The third-order valence-corrected chi connectivity index (χ3v) is 11.8. The molecular formula is C38H49N5O6. The number of aliphatic hydroxyl groups excluding tert-OH is 1. The summed E-state index contributed by atoms with van der Waals surface area (Å²) >= 11 is 0. The van der Waals surface area contributed by atoms with Crippen LogP contribution in [0.5, 0.6) is 5.75 Å². The second kappa shape index (κ2) is 13.7. The van der Waals surface area contributed by atoms with Crippen LogP contribution in [-0.4, -0.2) is 76.6 Å². The summed E-state index contributed by atoms with van der Waals surface area (Å²) in [4.78, 5) is 39.4. The van der Waals surface area contributed by atoms with Crippen LogP contribution >= 0.6 is 0 Å². The van der Waals surface area contributed by atoms with E-state index in [0.717, 1.165) is 75.5 Å². The molecule has 2 amide bonds. The van der Waals surface area contributed by atoms with Gasteiger partial charge in [0.25, 0.3) is 0 Å². The first-order chi connectivity index (χ1) is 23.7. The molecule has 8 rings (SSSR count). The number of hydrogen-bond acceptors (Lipinski definition) is 9. The van der Waals surface area contributed by atoms with Gasteiger partial charge >= 0.3 is 6.09 Å². The van der Waals surface area contributed by atoms with Crippen molar-refractivity contribution >= 4 is 17.8 Å². The van der Waals surface area contributed by atoms with Gasteiger partial charge in [-0.2, -0.15) is 4.98 Å². The fraction of sp³-hybridized carbons (Fsp3) is 0.605. The molecule has 1 atom stereocenters. The van der Waals surface area contributed by atoms with E-state index in [0.29, 0.717) is 24.1 Å². The number of carbonyl (C=O) groups excluding carboxylic acids is 2. The smallest absolute Gasteiger partial charge is 0.409 e. The highest BCUT2D eigenvalue weighted by Gasteiger charge is 2.50. The highest BCUT2D eigenvalue weighted by molar-refractivity contribution is 5.94. The van der Waals surface area contributed by atoms with E-state index < -0.39 is 12.2 Å². The highest BCUT2D eigenvalue weighted by atomic mass is 16.6. The number of likely N-dealkylation sites (tertiary alicyclic amines) is 1. The number of aryl methyl sites for hydroxylation is 1. The van der Waals surface area contributed by atoms with Crippen LogP contribution in [0.15, 0.2) is 41.1 Å². The van der Waals surface area contributed by atoms with Crippen molar-refractivity contribution < 1.29 is 28.7 Å². The third-order valence-electron chi connectivity index (χ3n) is 11.8. The normalized spacial score (nSPS) is 24.7. The Morgan fingerprint density at radius 3 is 2.47 bits per heavy atom. The monoisotopic (exact) mass is 671 g/mol. The Labute approximate surface area is 288 Å². The minimum absolute atomic E-state index is 0.0176. The zero-order valence-corrected chi connectivity index (χ0v) is 29.0. The summed E-state index contributed by atoms with van der Waals surface area (Å²) in [5, 5.41) is 13.7. The standard InChI is InChI=1S/C38H49N5O6/c1-25-19-29(9-10-31(25)47-3)38-15-12-37(13-16-38,14-17-38)24-43(35(45)27-7-5-4-6-8-27)32-20-28(11-18-39-32)33-40-34(49-41-33)26(2)23-48-36(46)42-21-30(44)22-42/h9-11,18-20,26-27,30,44H,4-8,12-17,21-24H2,1-3H3. The van der Waals surface area contributed by atoms with E-state index in [1.807, 2.05) is 24.0 Å². The van der Waals surface area contributed by atoms with Crippen LogP contribution in [0, 0.1) is 18.3 Å². The van der Waals surface area contributed by atoms with Crippen LogP contribution in [0.2, 0.25) is 0 Å². The number of anilines is 1. The number of carbonyl (C=O) groups is 2. The number of benzene rings is 1. The largest absolute Gasteiger partial charge is 0.496 e. The lowest BCUT2D eigenvalue weighted by atomic mass is 9.51. The van der Waals surface area contributed by atoms with Crippen LogP contribution < -0.4 is 9.64 Å². The molecule has 5 aliphatic rings. The van der Waals surface area contributed by atoms with Gasteiger partial charge in [0.05, 0.1) is 32.2 Å². The van der Waals surface area contributed by atoms with Crippen molar-refractivity contribution in [2.45, 2.75) is 102 Å². The van der Waals surface area contributed by atoms with Gasteiger partial charge in [0.15, 0.2) is 0 Å². The summed E-state index contributed by atoms with van der Waals surface area (Å²) in [5.74, 6) is 2.23. The highest BCUT2D eigenvalue weighted by Crippen LogP contribution is 2.58. The molecule has 49 heavy (non-hydrogen) atoms. The molecule has 3 aromatic rings. The summed E-state index contributed by atoms with van der Waals surface area (Å²) in [5.41, 5.74) is 3.58. The number of rotatable bonds is 10. The summed E-state index contributed by atoms with van der Waals surface area (Å²) < 4.78 is 16.5. The van der Waals surface area contributed by atoms with Crippen LogP contribution in [0.1, 0.15) is 100 Å². The van der Waals surface area contributed by atoms with Gasteiger partial charge in [-0.1, -0.05) is 43.5 Å². The Morgan fingerprint density at radius 1 is 1.06 bits per heavy atom. The van der Waals surface area contributed by atoms with Gasteiger partial charge in [0.2, 0.25) is 17.6 Å². The number of ether oxygens (including phenoxy) is 2. The minimum atomic E-state index is -0.485. The lowest BCUT2D eigenvalue weighted by Crippen LogP contribution is -2.53. The number of nitrogens with zero attached hydrogens (tertiary/aromatic N) is 5. The first-order valence-electron chi connectivity index (χ1n) is 18.0. The number of hydrogen-bond donors (Lipinski definition) is 1. The minimum Gasteiger partial charge on any atom is -0.496 e. The van der Waals surface area contributed by atoms with Crippen LogP contribution in [0.25, 0.3) is 11.4 Å². The fourth-order valence-corrected chi connectivity index (χ4v) is 8.54. The average Bonchev–Trinajstić information content (AvgIpc) is 3.63. The van der Waals surface area contributed by atoms with Crippen molar-refractivity contribution in [3.63, 3.8) is 0 Å². The van der Waals surface area contributed by atoms with E-state index in [-0.39, 0.29) is 48.3 Å². The average molecular weight is 672 g/mol. The first kappa shape index (κ1) is 33.5. The van der Waals surface area contributed by atoms with Crippen molar-refractivity contribution in [1.29, 1.82) is 0 Å². The van der Waals surface area contributed by atoms with Crippen molar-refractivity contribution in [1.82, 2.24) is 20.0 Å². The van der Waals surface area contributed by atoms with E-state index in [1.54, 1.807) is 13.3 Å². The second-order valence-corrected chi connectivity index (χ2v) is 15.1. The number of β-amino-alcohol motifs (C(OH)–C–C–N with tert-alkyl or cyclic N) is 1. The third kappa shape index (κ3) is 6.78. The SMILES string of the molecule is COc1ccc(C23CCC(CN(C(=O)C4CCCCC4)c4cc(-c5noc(C(C)COC(=O)N6CC(O)C6)n5)ccn4)(CC2)CC3)cc1C. The maximum absolute atomic E-state index is 14.4. The predicted molar refractivity (Wildman–Crippen MR) is 183 cm³/mol. The fourth-order valence-electron chi connectivity index (χ4n) is 8.54. The van der Waals surface area contributed by atoms with Crippen LogP contribution in [0.3, 0.4) is 0 Å². The van der Waals surface area contributed by atoms with Crippen LogP contribution in [0.4, 0.5) is 10.6 Å². The summed E-state index contributed by atoms with van der Waals surface area (Å²) in [7, 11) is 1.73. The van der Waals surface area contributed by atoms with Gasteiger partial charge in [-0.25, -0.2) is 9.78 Å². The first-order valence-corrected chi connectivity index (χ1v) is 18.0. The van der Waals surface area contributed by atoms with Gasteiger partial charge < -0.3 is 24.0 Å². The van der Waals surface area contributed by atoms with E-state index in [1.165, 1.54) is 22.4 Å². The second-order valence-electron chi connectivity index (χ2n) is 15.1. The molecule has 4 saturated carbocycles. The summed E-state index contributed by atoms with van der Waals surface area (Å²) in [6.07, 6.45) is 12.6. The molecule has 2 aromatic heterocycles. The number of fused-ring (bicyclic) bond motifs is 3. The van der Waals surface area contributed by atoms with Gasteiger partial charge in [0.1, 0.15) is 18.2 Å². The lowest BCUT2D eigenvalue weighted by Gasteiger charge is -2.55. The van der Waals surface area contributed by atoms with Crippen molar-refractivity contribution in [3.05, 3.63) is 53.5 Å². The Bertz CT molecular complexity index is 1640. The Morgan fingerprint density at radius 2 is 1.80 bits per heavy atom. The van der Waals surface area contributed by atoms with E-state index in [2.05, 4.69) is 35.3 Å². The number of methoxy groups -OCH3 is 1. The molecule has 4 aliphatic carbocycles. The lowest BCUT2D eigenvalue weighted by molar-refractivity contribution is -0.124. The molecule has 1 aromatic carbocycles. The molecule has 262 valence electrons. The molecule has 5 fully saturated rings. The summed E-state index contributed by atoms with van der Waals surface area (Å²) in [6, 6.07) is 10.5. The molecule has 2 bridgehead atoms. The van der Waals surface area contributed by atoms with Gasteiger partial charge in [-0.3, -0.25) is 9.69 Å². The molecule has 1 aliphatic heterocycles.